The minimum atomic E-state index is -0.480. The van der Waals surface area contributed by atoms with Gasteiger partial charge in [-0.1, -0.05) is 13.8 Å². The third kappa shape index (κ3) is 4.73. The number of nitriles is 1. The lowest BCUT2D eigenvalue weighted by atomic mass is 9.95. The number of benzene rings is 1. The van der Waals surface area contributed by atoms with Gasteiger partial charge in [-0.2, -0.15) is 5.26 Å². The lowest BCUT2D eigenvalue weighted by molar-refractivity contribution is 0.0740. The van der Waals surface area contributed by atoms with Crippen molar-refractivity contribution in [3.05, 3.63) is 29.8 Å². The summed E-state index contributed by atoms with van der Waals surface area (Å²) < 4.78 is 5.57. The molecule has 0 spiro atoms. The predicted molar refractivity (Wildman–Crippen MR) is 82.0 cm³/mol. The Labute approximate surface area is 127 Å². The molecule has 0 bridgehead atoms. The van der Waals surface area contributed by atoms with E-state index in [0.29, 0.717) is 23.8 Å². The van der Waals surface area contributed by atoms with E-state index < -0.39 is 6.10 Å². The highest BCUT2D eigenvalue weighted by atomic mass is 16.5. The van der Waals surface area contributed by atoms with Gasteiger partial charge in [0.05, 0.1) is 11.6 Å². The van der Waals surface area contributed by atoms with Crippen molar-refractivity contribution in [3.8, 4) is 11.8 Å². The Morgan fingerprint density at radius 1 is 1.38 bits per heavy atom. The number of rotatable bonds is 6. The number of β-amino-alcohol motifs (C(OH)–C–C–N with tert-alkyl or cyclic N) is 1. The van der Waals surface area contributed by atoms with E-state index in [1.807, 2.05) is 0 Å². The average Bonchev–Trinajstić information content (AvgIpc) is 2.94. The van der Waals surface area contributed by atoms with Crippen molar-refractivity contribution >= 4 is 0 Å². The van der Waals surface area contributed by atoms with Crippen molar-refractivity contribution in [3.63, 3.8) is 0 Å². The summed E-state index contributed by atoms with van der Waals surface area (Å²) >= 11 is 0. The third-order valence-corrected chi connectivity index (χ3v) is 4.15. The third-order valence-electron chi connectivity index (χ3n) is 4.15. The Morgan fingerprint density at radius 2 is 2.10 bits per heavy atom. The van der Waals surface area contributed by atoms with Crippen LogP contribution in [0.5, 0.6) is 5.75 Å². The molecule has 1 fully saturated rings. The molecule has 114 valence electrons. The van der Waals surface area contributed by atoms with Crippen LogP contribution < -0.4 is 4.74 Å². The van der Waals surface area contributed by atoms with Gasteiger partial charge in [-0.15, -0.1) is 0 Å². The fourth-order valence-electron chi connectivity index (χ4n) is 2.74. The van der Waals surface area contributed by atoms with Crippen LogP contribution in [0.15, 0.2) is 24.3 Å². The zero-order valence-electron chi connectivity index (χ0n) is 12.8. The highest BCUT2D eigenvalue weighted by Crippen LogP contribution is 2.23. The Morgan fingerprint density at radius 3 is 2.67 bits per heavy atom. The van der Waals surface area contributed by atoms with Crippen LogP contribution in [0.3, 0.4) is 0 Å². The van der Waals surface area contributed by atoms with Crippen LogP contribution in [0.4, 0.5) is 0 Å². The van der Waals surface area contributed by atoms with Crippen molar-refractivity contribution in [1.82, 2.24) is 4.90 Å². The summed E-state index contributed by atoms with van der Waals surface area (Å²) in [4.78, 5) is 2.32. The zero-order valence-corrected chi connectivity index (χ0v) is 12.8. The molecule has 2 rings (SSSR count). The maximum Gasteiger partial charge on any atom is 0.119 e. The molecule has 1 aromatic carbocycles. The monoisotopic (exact) mass is 288 g/mol. The minimum Gasteiger partial charge on any atom is -0.491 e. The molecule has 1 aromatic rings. The van der Waals surface area contributed by atoms with Gasteiger partial charge >= 0.3 is 0 Å². The van der Waals surface area contributed by atoms with Crippen LogP contribution in [-0.4, -0.2) is 42.4 Å². The second-order valence-electron chi connectivity index (χ2n) is 6.15. The van der Waals surface area contributed by atoms with Gasteiger partial charge < -0.3 is 14.7 Å². The number of aliphatic hydroxyl groups is 1. The number of hydrogen-bond donors (Lipinski definition) is 1. The zero-order chi connectivity index (χ0) is 15.2. The minimum absolute atomic E-state index is 0.286. The van der Waals surface area contributed by atoms with Crippen molar-refractivity contribution in [1.29, 1.82) is 5.26 Å². The first kappa shape index (κ1) is 15.8. The fraction of sp³-hybridized carbons (Fsp3) is 0.588. The van der Waals surface area contributed by atoms with Gasteiger partial charge in [-0.3, -0.25) is 0 Å². The van der Waals surface area contributed by atoms with E-state index in [1.54, 1.807) is 24.3 Å². The molecule has 2 unspecified atom stereocenters. The Hall–Kier alpha value is -1.57. The molecule has 1 N–H and O–H groups in total. The summed E-state index contributed by atoms with van der Waals surface area (Å²) in [6.07, 6.45) is 0.743. The molecule has 1 aliphatic heterocycles. The summed E-state index contributed by atoms with van der Waals surface area (Å²) in [5.41, 5.74) is 0.611. The first-order valence-electron chi connectivity index (χ1n) is 7.62. The van der Waals surface area contributed by atoms with Crippen molar-refractivity contribution in [2.45, 2.75) is 26.4 Å². The van der Waals surface area contributed by atoms with Crippen molar-refractivity contribution in [2.75, 3.05) is 26.2 Å². The average molecular weight is 288 g/mol. The Balaban J connectivity index is 1.72. The molecule has 4 nitrogen and oxygen atoms in total. The maximum atomic E-state index is 10.1. The number of aliphatic hydroxyl groups excluding tert-OH is 1. The highest BCUT2D eigenvalue weighted by molar-refractivity contribution is 5.34. The molecule has 0 aliphatic carbocycles. The molecule has 0 aromatic heterocycles. The van der Waals surface area contributed by atoms with Gasteiger partial charge in [0.2, 0.25) is 0 Å². The van der Waals surface area contributed by atoms with Crippen molar-refractivity contribution in [2.24, 2.45) is 11.8 Å². The van der Waals surface area contributed by atoms with Gasteiger partial charge in [0.15, 0.2) is 0 Å². The topological polar surface area (TPSA) is 56.5 Å². The normalized spacial score (nSPS) is 20.4. The Kier molecular flexibility index (Phi) is 5.60. The fourth-order valence-corrected chi connectivity index (χ4v) is 2.74. The summed E-state index contributed by atoms with van der Waals surface area (Å²) in [6, 6.07) is 9.02. The van der Waals surface area contributed by atoms with Crippen LogP contribution in [-0.2, 0) is 0 Å². The molecule has 1 heterocycles. The number of nitrogens with zero attached hydrogens (tertiary/aromatic N) is 2. The summed E-state index contributed by atoms with van der Waals surface area (Å²) in [6.45, 7) is 7.62. The Bertz CT molecular complexity index is 479. The molecule has 4 heteroatoms. The van der Waals surface area contributed by atoms with Crippen molar-refractivity contribution < 1.29 is 9.84 Å². The summed E-state index contributed by atoms with van der Waals surface area (Å²) in [7, 11) is 0. The molecule has 1 saturated heterocycles. The smallest absolute Gasteiger partial charge is 0.119 e. The molecule has 21 heavy (non-hydrogen) atoms. The van der Waals surface area contributed by atoms with E-state index in [0.717, 1.165) is 19.0 Å². The SMILES string of the molecule is CC(C)C1CCN(CC(O)COc2ccc(C#N)cc2)C1. The van der Waals surface area contributed by atoms with Crippen LogP contribution in [0.1, 0.15) is 25.8 Å². The van der Waals surface area contributed by atoms with Crippen LogP contribution in [0, 0.1) is 23.2 Å². The summed E-state index contributed by atoms with van der Waals surface area (Å²) in [5, 5.41) is 18.8. The van der Waals surface area contributed by atoms with E-state index in [9.17, 15) is 5.11 Å². The maximum absolute atomic E-state index is 10.1. The predicted octanol–water partition coefficient (Wildman–Crippen LogP) is 2.28. The van der Waals surface area contributed by atoms with E-state index in [2.05, 4.69) is 24.8 Å². The quantitative estimate of drug-likeness (QED) is 0.872. The van der Waals surface area contributed by atoms with Crippen LogP contribution in [0.25, 0.3) is 0 Å². The number of likely N-dealkylation sites (tertiary alicyclic amines) is 1. The van der Waals surface area contributed by atoms with E-state index in [4.69, 9.17) is 10.00 Å². The standard InChI is InChI=1S/C17H24N2O2/c1-13(2)15-7-8-19(10-15)11-16(20)12-21-17-5-3-14(9-18)4-6-17/h3-6,13,15-16,20H,7-8,10-12H2,1-2H3. The molecule has 0 amide bonds. The molecular weight excluding hydrogens is 264 g/mol. The molecule has 0 radical (unpaired) electrons. The largest absolute Gasteiger partial charge is 0.491 e. The second-order valence-corrected chi connectivity index (χ2v) is 6.15. The van der Waals surface area contributed by atoms with E-state index >= 15 is 0 Å². The van der Waals surface area contributed by atoms with Gasteiger partial charge in [0, 0.05) is 13.1 Å². The van der Waals surface area contributed by atoms with Crippen LogP contribution >= 0.6 is 0 Å². The van der Waals surface area contributed by atoms with E-state index in [1.165, 1.54) is 6.42 Å². The highest BCUT2D eigenvalue weighted by Gasteiger charge is 2.26. The lowest BCUT2D eigenvalue weighted by Gasteiger charge is -2.21. The molecule has 0 saturated carbocycles. The first-order chi connectivity index (χ1) is 10.1. The number of ether oxygens (including phenoxy) is 1. The van der Waals surface area contributed by atoms with Gasteiger partial charge in [-0.05, 0) is 49.1 Å². The first-order valence-corrected chi connectivity index (χ1v) is 7.62. The molecular formula is C17H24N2O2. The second kappa shape index (κ2) is 7.44. The lowest BCUT2D eigenvalue weighted by Crippen LogP contribution is -2.34. The molecule has 1 aliphatic rings. The van der Waals surface area contributed by atoms with E-state index in [-0.39, 0.29) is 6.61 Å². The number of hydrogen-bond acceptors (Lipinski definition) is 4. The van der Waals surface area contributed by atoms with Gasteiger partial charge in [0.25, 0.3) is 0 Å². The molecule has 2 atom stereocenters. The van der Waals surface area contributed by atoms with Gasteiger partial charge in [0.1, 0.15) is 18.5 Å². The van der Waals surface area contributed by atoms with Gasteiger partial charge in [-0.25, -0.2) is 0 Å². The summed E-state index contributed by atoms with van der Waals surface area (Å²) in [5.74, 6) is 2.15. The van der Waals surface area contributed by atoms with Crippen LogP contribution in [0.2, 0.25) is 0 Å².